The molecule has 0 aliphatic rings. The van der Waals surface area contributed by atoms with Gasteiger partial charge in [0.25, 0.3) is 0 Å². The molecular weight excluding hydrogens is 245 g/mol. The van der Waals surface area contributed by atoms with E-state index in [4.69, 9.17) is 0 Å². The van der Waals surface area contributed by atoms with Crippen molar-refractivity contribution in [3.8, 4) is 0 Å². The van der Waals surface area contributed by atoms with E-state index in [1.165, 1.54) is 58.2 Å². The Morgan fingerprint density at radius 3 is 1.11 bits per heavy atom. The highest BCUT2D eigenvalue weighted by atomic mass is 19.5. The summed E-state index contributed by atoms with van der Waals surface area (Å²) in [6.07, 6.45) is 8.09. The number of unbranched alkanes of at least 4 members (excludes halogenated alkanes) is 3. The van der Waals surface area contributed by atoms with Crippen LogP contribution in [0.1, 0.15) is 60.7 Å². The molecule has 0 aromatic rings. The third kappa shape index (κ3) is 24.8. The number of rotatable bonds is 9. The van der Waals surface area contributed by atoms with E-state index >= 15 is 0 Å². The predicted octanol–water partition coefficient (Wildman–Crippen LogP) is 5.10. The molecule has 0 spiro atoms. The summed E-state index contributed by atoms with van der Waals surface area (Å²) >= 11 is 0. The van der Waals surface area contributed by atoms with Crippen LogP contribution in [0.3, 0.4) is 0 Å². The molecule has 0 bridgehead atoms. The van der Waals surface area contributed by atoms with Crippen LogP contribution in [0.25, 0.3) is 0 Å². The number of nitrogens with zero attached hydrogens (tertiary/aromatic N) is 1. The summed E-state index contributed by atoms with van der Waals surface area (Å²) in [5.41, 5.74) is 0. The lowest BCUT2D eigenvalue weighted by atomic mass is 10.2. The van der Waals surface area contributed by atoms with Crippen LogP contribution in [0.2, 0.25) is 0 Å². The fourth-order valence-corrected chi connectivity index (χ4v) is 1.48. The number of hydrogen-bond donors (Lipinski definition) is 0. The lowest BCUT2D eigenvalue weighted by Gasteiger charge is -2.21. The molecule has 0 N–H and O–H groups in total. The Labute approximate surface area is 111 Å². The van der Waals surface area contributed by atoms with E-state index in [1.807, 2.05) is 0 Å². The number of hydrogen-bond acceptors (Lipinski definition) is 1. The molecule has 0 saturated heterocycles. The minimum atomic E-state index is -6.00. The van der Waals surface area contributed by atoms with Crippen molar-refractivity contribution in [2.75, 3.05) is 19.6 Å². The molecule has 0 aromatic heterocycles. The first-order valence-corrected chi connectivity index (χ1v) is 6.94. The van der Waals surface area contributed by atoms with Gasteiger partial charge in [0, 0.05) is 0 Å². The van der Waals surface area contributed by atoms with Gasteiger partial charge in [0.2, 0.25) is 0 Å². The second kappa shape index (κ2) is 13.2. The molecule has 0 aromatic carbocycles. The van der Waals surface area contributed by atoms with Gasteiger partial charge in [-0.25, -0.2) is 0 Å². The average molecular weight is 273 g/mol. The first kappa shape index (κ1) is 20.1. The third-order valence-electron chi connectivity index (χ3n) is 2.48. The van der Waals surface area contributed by atoms with Crippen molar-refractivity contribution in [2.45, 2.75) is 59.3 Å². The van der Waals surface area contributed by atoms with Crippen molar-refractivity contribution in [1.29, 1.82) is 0 Å². The Balaban J connectivity index is -0.000000366. The van der Waals surface area contributed by atoms with Crippen LogP contribution in [0, 0.1) is 0 Å². The van der Waals surface area contributed by atoms with Gasteiger partial charge in [-0.05, 0) is 38.9 Å². The molecule has 0 rings (SSSR count). The van der Waals surface area contributed by atoms with Gasteiger partial charge in [-0.3, -0.25) is 0 Å². The Kier molecular flexibility index (Phi) is 14.7. The standard InChI is InChI=1S/C12H27N.BF4/c1-4-7-10-13(11-8-5-2)12-9-6-3;2-1(3,4)5/h4-12H2,1-3H3;/q;-1/p+1. The molecule has 0 saturated carbocycles. The zero-order valence-electron chi connectivity index (χ0n) is 12.9. The summed E-state index contributed by atoms with van der Waals surface area (Å²) < 4.78 is 39.0. The highest BCUT2D eigenvalue weighted by molar-refractivity contribution is 6.50. The third-order valence-corrected chi connectivity index (χ3v) is 2.48. The van der Waals surface area contributed by atoms with Gasteiger partial charge in [0.1, 0.15) is 0 Å². The summed E-state index contributed by atoms with van der Waals surface area (Å²) in [4.78, 5) is 2.64. The van der Waals surface area contributed by atoms with E-state index in [0.29, 0.717) is 0 Å². The fourth-order valence-electron chi connectivity index (χ4n) is 1.48. The molecule has 0 heterocycles. The molecule has 0 unspecified atom stereocenters. The van der Waals surface area contributed by atoms with Gasteiger partial charge in [-0.15, -0.1) is 0 Å². The average Bonchev–Trinajstić information content (AvgIpc) is 2.26. The topological polar surface area (TPSA) is 3.24 Å². The lowest BCUT2D eigenvalue weighted by Crippen LogP contribution is -2.27. The van der Waals surface area contributed by atoms with Crippen LogP contribution in [-0.2, 0) is 0 Å². The lowest BCUT2D eigenvalue weighted by molar-refractivity contribution is 0.261. The molecule has 0 fully saturated rings. The maximum Gasteiger partial charge on any atom is 1.00 e. The molecule has 6 heteroatoms. The van der Waals surface area contributed by atoms with Gasteiger partial charge >= 0.3 is 8.68 Å². The summed E-state index contributed by atoms with van der Waals surface area (Å²) in [6, 6.07) is 0. The van der Waals surface area contributed by atoms with Gasteiger partial charge in [-0.2, -0.15) is 0 Å². The molecule has 0 aliphatic heterocycles. The van der Waals surface area contributed by atoms with E-state index in [0.717, 1.165) is 0 Å². The first-order chi connectivity index (χ1) is 8.35. The smallest absolute Gasteiger partial charge is 0.418 e. The molecule has 0 aliphatic carbocycles. The minimum absolute atomic E-state index is 0. The predicted molar refractivity (Wildman–Crippen MR) is 72.5 cm³/mol. The fraction of sp³-hybridized carbons (Fsp3) is 1.00. The van der Waals surface area contributed by atoms with Crippen LogP contribution < -0.4 is 0 Å². The first-order valence-electron chi connectivity index (χ1n) is 6.94. The molecule has 1 nitrogen and oxygen atoms in total. The van der Waals surface area contributed by atoms with E-state index < -0.39 is 7.25 Å². The van der Waals surface area contributed by atoms with Crippen LogP contribution in [0.5, 0.6) is 0 Å². The van der Waals surface area contributed by atoms with E-state index in [-0.39, 0.29) is 1.43 Å². The monoisotopic (exact) mass is 273 g/mol. The maximum atomic E-state index is 9.75. The molecule has 0 radical (unpaired) electrons. The van der Waals surface area contributed by atoms with Crippen molar-refractivity contribution >= 4 is 7.25 Å². The second-order valence-corrected chi connectivity index (χ2v) is 4.40. The van der Waals surface area contributed by atoms with Gasteiger partial charge in [-0.1, -0.05) is 40.0 Å². The highest BCUT2D eigenvalue weighted by Crippen LogP contribution is 2.06. The Morgan fingerprint density at radius 2 is 0.944 bits per heavy atom. The highest BCUT2D eigenvalue weighted by Gasteiger charge is 2.20. The van der Waals surface area contributed by atoms with E-state index in [2.05, 4.69) is 25.7 Å². The zero-order chi connectivity index (χ0) is 14.4. The molecule has 18 heavy (non-hydrogen) atoms. The van der Waals surface area contributed by atoms with E-state index in [9.17, 15) is 17.3 Å². The summed E-state index contributed by atoms with van der Waals surface area (Å²) in [6.45, 7) is 10.8. The maximum absolute atomic E-state index is 9.75. The van der Waals surface area contributed by atoms with Crippen molar-refractivity contribution < 1.29 is 18.7 Å². The Bertz CT molecular complexity index is 145. The SMILES string of the molecule is CCCCN(CCCC)CCCC.F[B-](F)(F)F.[H+]. The van der Waals surface area contributed by atoms with Gasteiger partial charge in [0.05, 0.1) is 0 Å². The van der Waals surface area contributed by atoms with Crippen molar-refractivity contribution in [2.24, 2.45) is 0 Å². The van der Waals surface area contributed by atoms with Crippen LogP contribution >= 0.6 is 0 Å². The van der Waals surface area contributed by atoms with Crippen molar-refractivity contribution in [3.05, 3.63) is 0 Å². The normalized spacial score (nSPS) is 11.3. The summed E-state index contributed by atoms with van der Waals surface area (Å²) in [5, 5.41) is 0. The van der Waals surface area contributed by atoms with E-state index in [1.54, 1.807) is 0 Å². The van der Waals surface area contributed by atoms with Crippen LogP contribution in [-0.4, -0.2) is 31.8 Å². The van der Waals surface area contributed by atoms with Crippen LogP contribution in [0.4, 0.5) is 17.3 Å². The number of halogens is 4. The quantitative estimate of drug-likeness (QED) is 0.417. The second-order valence-electron chi connectivity index (χ2n) is 4.40. The largest absolute Gasteiger partial charge is 1.00 e. The van der Waals surface area contributed by atoms with Crippen molar-refractivity contribution in [1.82, 2.24) is 4.90 Å². The Hall–Kier alpha value is -0.255. The molecule has 112 valence electrons. The minimum Gasteiger partial charge on any atom is -0.418 e. The molecular formula is C12H28BF4N. The molecule has 0 amide bonds. The van der Waals surface area contributed by atoms with Crippen molar-refractivity contribution in [3.63, 3.8) is 0 Å². The zero-order valence-corrected chi connectivity index (χ0v) is 11.9. The van der Waals surface area contributed by atoms with Gasteiger partial charge in [0.15, 0.2) is 0 Å². The summed E-state index contributed by atoms with van der Waals surface area (Å²) in [7, 11) is -6.00. The summed E-state index contributed by atoms with van der Waals surface area (Å²) in [5.74, 6) is 0. The van der Waals surface area contributed by atoms with Gasteiger partial charge < -0.3 is 22.2 Å². The molecule has 0 atom stereocenters. The Morgan fingerprint density at radius 1 is 0.722 bits per heavy atom. The van der Waals surface area contributed by atoms with Crippen LogP contribution in [0.15, 0.2) is 0 Å².